The lowest BCUT2D eigenvalue weighted by molar-refractivity contribution is -0.274. The SMILES string of the molecule is Cc1ccc(COc2ccc(N)c(NCc3ccc(OC(F)(F)F)cc3C)c2)nc1. The van der Waals surface area contributed by atoms with E-state index in [0.29, 0.717) is 35.8 Å². The number of benzene rings is 2. The Morgan fingerprint density at radius 3 is 2.43 bits per heavy atom. The highest BCUT2D eigenvalue weighted by atomic mass is 19.4. The van der Waals surface area contributed by atoms with Gasteiger partial charge in [0.25, 0.3) is 0 Å². The molecule has 0 atom stereocenters. The third-order valence-corrected chi connectivity index (χ3v) is 4.40. The molecule has 0 bridgehead atoms. The largest absolute Gasteiger partial charge is 0.573 e. The van der Waals surface area contributed by atoms with E-state index < -0.39 is 6.36 Å². The molecule has 0 saturated heterocycles. The van der Waals surface area contributed by atoms with E-state index in [0.717, 1.165) is 16.8 Å². The molecule has 3 rings (SSSR count). The van der Waals surface area contributed by atoms with Gasteiger partial charge in [0.15, 0.2) is 0 Å². The molecule has 0 saturated carbocycles. The maximum atomic E-state index is 12.3. The number of rotatable bonds is 7. The first-order chi connectivity index (χ1) is 14.2. The summed E-state index contributed by atoms with van der Waals surface area (Å²) >= 11 is 0. The van der Waals surface area contributed by atoms with E-state index in [-0.39, 0.29) is 5.75 Å². The molecule has 0 radical (unpaired) electrons. The van der Waals surface area contributed by atoms with Crippen molar-refractivity contribution in [3.05, 3.63) is 77.1 Å². The number of ether oxygens (including phenoxy) is 2. The van der Waals surface area contributed by atoms with Crippen molar-refractivity contribution in [2.24, 2.45) is 0 Å². The number of alkyl halides is 3. The predicted molar refractivity (Wildman–Crippen MR) is 109 cm³/mol. The number of pyridine rings is 1. The van der Waals surface area contributed by atoms with Crippen molar-refractivity contribution < 1.29 is 22.6 Å². The van der Waals surface area contributed by atoms with Gasteiger partial charge in [0.2, 0.25) is 0 Å². The van der Waals surface area contributed by atoms with Crippen LogP contribution in [0, 0.1) is 13.8 Å². The fourth-order valence-electron chi connectivity index (χ4n) is 2.77. The molecule has 2 aromatic carbocycles. The van der Waals surface area contributed by atoms with E-state index in [1.807, 2.05) is 19.1 Å². The number of aryl methyl sites for hydroxylation is 2. The van der Waals surface area contributed by atoms with E-state index in [1.165, 1.54) is 12.1 Å². The number of nitrogens with zero attached hydrogens (tertiary/aromatic N) is 1. The van der Waals surface area contributed by atoms with Crippen molar-refractivity contribution >= 4 is 11.4 Å². The van der Waals surface area contributed by atoms with Crippen LogP contribution in [0.25, 0.3) is 0 Å². The number of nitrogens with two attached hydrogens (primary N) is 1. The lowest BCUT2D eigenvalue weighted by Gasteiger charge is -2.15. The van der Waals surface area contributed by atoms with Gasteiger partial charge in [0.1, 0.15) is 18.1 Å². The zero-order valence-corrected chi connectivity index (χ0v) is 16.6. The number of anilines is 2. The van der Waals surface area contributed by atoms with Crippen LogP contribution in [0.3, 0.4) is 0 Å². The van der Waals surface area contributed by atoms with Crippen LogP contribution in [0.5, 0.6) is 11.5 Å². The maximum absolute atomic E-state index is 12.3. The molecule has 0 amide bonds. The van der Waals surface area contributed by atoms with Crippen molar-refractivity contribution in [1.82, 2.24) is 4.98 Å². The van der Waals surface area contributed by atoms with E-state index >= 15 is 0 Å². The Hall–Kier alpha value is -3.42. The van der Waals surface area contributed by atoms with Crippen LogP contribution in [-0.2, 0) is 13.2 Å². The third kappa shape index (κ3) is 6.04. The van der Waals surface area contributed by atoms with Gasteiger partial charge in [-0.05, 0) is 60.9 Å². The van der Waals surface area contributed by atoms with Crippen LogP contribution >= 0.6 is 0 Å². The molecule has 5 nitrogen and oxygen atoms in total. The molecule has 0 fully saturated rings. The smallest absolute Gasteiger partial charge is 0.487 e. The summed E-state index contributed by atoms with van der Waals surface area (Å²) in [6, 6.07) is 13.4. The quantitative estimate of drug-likeness (QED) is 0.506. The molecule has 158 valence electrons. The second-order valence-electron chi connectivity index (χ2n) is 6.85. The average molecular weight is 417 g/mol. The van der Waals surface area contributed by atoms with Gasteiger partial charge in [-0.25, -0.2) is 0 Å². The third-order valence-electron chi connectivity index (χ3n) is 4.40. The van der Waals surface area contributed by atoms with Crippen LogP contribution in [0.1, 0.15) is 22.4 Å². The fourth-order valence-corrected chi connectivity index (χ4v) is 2.77. The fraction of sp³-hybridized carbons (Fsp3) is 0.227. The Morgan fingerprint density at radius 2 is 1.77 bits per heavy atom. The maximum Gasteiger partial charge on any atom is 0.573 e. The minimum absolute atomic E-state index is 0.247. The Kier molecular flexibility index (Phi) is 6.34. The minimum atomic E-state index is -4.71. The number of halogens is 3. The second-order valence-corrected chi connectivity index (χ2v) is 6.85. The Bertz CT molecular complexity index is 1010. The molecule has 0 aliphatic heterocycles. The monoisotopic (exact) mass is 417 g/mol. The van der Waals surface area contributed by atoms with Crippen molar-refractivity contribution in [3.63, 3.8) is 0 Å². The van der Waals surface area contributed by atoms with Crippen LogP contribution in [0.2, 0.25) is 0 Å². The standard InChI is InChI=1S/C22H22F3N3O2/c1-14-3-5-17(27-11-14)13-29-18-7-8-20(26)21(10-18)28-12-16-4-6-19(9-15(16)2)30-22(23,24)25/h3-11,28H,12-13,26H2,1-2H3. The average Bonchev–Trinajstić information content (AvgIpc) is 2.67. The van der Waals surface area contributed by atoms with Crippen LogP contribution in [0.15, 0.2) is 54.7 Å². The highest BCUT2D eigenvalue weighted by Gasteiger charge is 2.31. The molecular weight excluding hydrogens is 395 g/mol. The highest BCUT2D eigenvalue weighted by Crippen LogP contribution is 2.28. The van der Waals surface area contributed by atoms with Crippen LogP contribution < -0.4 is 20.5 Å². The van der Waals surface area contributed by atoms with Gasteiger partial charge in [0, 0.05) is 18.8 Å². The lowest BCUT2D eigenvalue weighted by Crippen LogP contribution is -2.17. The molecular formula is C22H22F3N3O2. The summed E-state index contributed by atoms with van der Waals surface area (Å²) in [6.07, 6.45) is -2.93. The number of nitrogen functional groups attached to an aromatic ring is 1. The molecule has 0 spiro atoms. The van der Waals surface area contributed by atoms with Gasteiger partial charge in [0.05, 0.1) is 17.1 Å². The van der Waals surface area contributed by atoms with E-state index in [1.54, 1.807) is 37.4 Å². The van der Waals surface area contributed by atoms with Gasteiger partial charge < -0.3 is 20.5 Å². The molecule has 1 heterocycles. The molecule has 30 heavy (non-hydrogen) atoms. The lowest BCUT2D eigenvalue weighted by atomic mass is 10.1. The number of hydrogen-bond donors (Lipinski definition) is 2. The first-order valence-electron chi connectivity index (χ1n) is 9.22. The first kappa shape index (κ1) is 21.3. The van der Waals surface area contributed by atoms with Gasteiger partial charge >= 0.3 is 6.36 Å². The van der Waals surface area contributed by atoms with Crippen molar-refractivity contribution in [2.45, 2.75) is 33.4 Å². The van der Waals surface area contributed by atoms with Gasteiger partial charge in [-0.3, -0.25) is 4.98 Å². The van der Waals surface area contributed by atoms with Gasteiger partial charge in [-0.15, -0.1) is 13.2 Å². The summed E-state index contributed by atoms with van der Waals surface area (Å²) in [5, 5.41) is 3.20. The minimum Gasteiger partial charge on any atom is -0.487 e. The van der Waals surface area contributed by atoms with Crippen LogP contribution in [-0.4, -0.2) is 11.3 Å². The summed E-state index contributed by atoms with van der Waals surface area (Å²) in [5.74, 6) is 0.378. The van der Waals surface area contributed by atoms with Crippen LogP contribution in [0.4, 0.5) is 24.5 Å². The van der Waals surface area contributed by atoms with Crippen molar-refractivity contribution in [2.75, 3.05) is 11.1 Å². The number of hydrogen-bond acceptors (Lipinski definition) is 5. The normalized spacial score (nSPS) is 11.2. The molecule has 1 aromatic heterocycles. The first-order valence-corrected chi connectivity index (χ1v) is 9.22. The zero-order chi connectivity index (χ0) is 21.7. The molecule has 3 N–H and O–H groups in total. The summed E-state index contributed by atoms with van der Waals surface area (Å²) in [4.78, 5) is 4.30. The Morgan fingerprint density at radius 1 is 1.00 bits per heavy atom. The number of nitrogens with one attached hydrogen (secondary N) is 1. The summed E-state index contributed by atoms with van der Waals surface area (Å²) in [7, 11) is 0. The molecule has 8 heteroatoms. The summed E-state index contributed by atoms with van der Waals surface area (Å²) < 4.78 is 46.8. The topological polar surface area (TPSA) is 69.4 Å². The van der Waals surface area contributed by atoms with Crippen molar-refractivity contribution in [3.8, 4) is 11.5 Å². The summed E-state index contributed by atoms with van der Waals surface area (Å²) in [5.41, 5.74) is 10.6. The zero-order valence-electron chi connectivity index (χ0n) is 16.6. The highest BCUT2D eigenvalue weighted by molar-refractivity contribution is 5.68. The predicted octanol–water partition coefficient (Wildman–Crippen LogP) is 5.37. The molecule has 3 aromatic rings. The van der Waals surface area contributed by atoms with Crippen molar-refractivity contribution in [1.29, 1.82) is 0 Å². The summed E-state index contributed by atoms with van der Waals surface area (Å²) in [6.45, 7) is 4.39. The second kappa shape index (κ2) is 8.94. The molecule has 0 aliphatic rings. The van der Waals surface area contributed by atoms with E-state index in [9.17, 15) is 13.2 Å². The Balaban J connectivity index is 1.63. The van der Waals surface area contributed by atoms with E-state index in [4.69, 9.17) is 10.5 Å². The molecule has 0 aliphatic carbocycles. The molecule has 0 unspecified atom stereocenters. The van der Waals surface area contributed by atoms with E-state index in [2.05, 4.69) is 15.0 Å². The van der Waals surface area contributed by atoms with Gasteiger partial charge in [-0.1, -0.05) is 12.1 Å². The van der Waals surface area contributed by atoms with Gasteiger partial charge in [-0.2, -0.15) is 0 Å². The number of aromatic nitrogens is 1. The Labute approximate surface area is 172 Å².